The van der Waals surface area contributed by atoms with Gasteiger partial charge >= 0.3 is 5.97 Å². The van der Waals surface area contributed by atoms with E-state index >= 15 is 0 Å². The fraction of sp³-hybridized carbons (Fsp3) is 0.273. The maximum Gasteiger partial charge on any atom is 0.338 e. The molecular formula is C22H23NO4. The first kappa shape index (κ1) is 18.7. The van der Waals surface area contributed by atoms with Gasteiger partial charge in [0.05, 0.1) is 5.57 Å². The molecule has 1 heterocycles. The molecule has 0 saturated carbocycles. The van der Waals surface area contributed by atoms with E-state index in [9.17, 15) is 9.59 Å². The number of ether oxygens (including phenoxy) is 2. The second-order valence-corrected chi connectivity index (χ2v) is 6.20. The summed E-state index contributed by atoms with van der Waals surface area (Å²) >= 11 is 0. The molecule has 1 aliphatic rings. The lowest BCUT2D eigenvalue weighted by Crippen LogP contribution is -2.37. The first-order valence-corrected chi connectivity index (χ1v) is 9.11. The molecule has 5 heteroatoms. The summed E-state index contributed by atoms with van der Waals surface area (Å²) in [5.41, 5.74) is 1.87. The SMILES string of the molecule is CCN(CC)C(=O)[C@H](OC(=O)C1=Cc2ccccc2OC1)c1ccccc1. The van der Waals surface area contributed by atoms with E-state index in [2.05, 4.69) is 0 Å². The Morgan fingerprint density at radius 2 is 1.70 bits per heavy atom. The van der Waals surface area contributed by atoms with E-state index in [1.54, 1.807) is 23.1 Å². The number of carbonyl (C=O) groups excluding carboxylic acids is 2. The summed E-state index contributed by atoms with van der Waals surface area (Å²) in [7, 11) is 0. The molecule has 2 aromatic carbocycles. The molecule has 0 fully saturated rings. The van der Waals surface area contributed by atoms with Crippen LogP contribution in [0.5, 0.6) is 5.75 Å². The van der Waals surface area contributed by atoms with Crippen molar-refractivity contribution < 1.29 is 19.1 Å². The summed E-state index contributed by atoms with van der Waals surface area (Å²) in [6.07, 6.45) is 0.780. The van der Waals surface area contributed by atoms with Crippen LogP contribution in [0.2, 0.25) is 0 Å². The highest BCUT2D eigenvalue weighted by atomic mass is 16.6. The van der Waals surface area contributed by atoms with E-state index in [0.717, 1.165) is 11.3 Å². The van der Waals surface area contributed by atoms with Crippen molar-refractivity contribution in [1.82, 2.24) is 4.90 Å². The number of fused-ring (bicyclic) bond motifs is 1. The summed E-state index contributed by atoms with van der Waals surface area (Å²) in [4.78, 5) is 27.3. The molecule has 1 atom stereocenters. The number of hydrogen-bond donors (Lipinski definition) is 0. The van der Waals surface area contributed by atoms with Crippen molar-refractivity contribution in [2.45, 2.75) is 20.0 Å². The molecule has 2 aromatic rings. The van der Waals surface area contributed by atoms with E-state index in [-0.39, 0.29) is 12.5 Å². The zero-order valence-electron chi connectivity index (χ0n) is 15.6. The molecule has 0 spiro atoms. The Morgan fingerprint density at radius 3 is 2.41 bits per heavy atom. The summed E-state index contributed by atoms with van der Waals surface area (Å²) in [6, 6.07) is 16.6. The third-order valence-electron chi connectivity index (χ3n) is 4.52. The molecule has 0 unspecified atom stereocenters. The Balaban J connectivity index is 1.85. The van der Waals surface area contributed by atoms with Crippen LogP contribution in [-0.4, -0.2) is 36.5 Å². The molecule has 0 saturated heterocycles. The molecule has 0 N–H and O–H groups in total. The minimum atomic E-state index is -0.975. The topological polar surface area (TPSA) is 55.8 Å². The Morgan fingerprint density at radius 1 is 1.04 bits per heavy atom. The van der Waals surface area contributed by atoms with Crippen LogP contribution in [0.4, 0.5) is 0 Å². The van der Waals surface area contributed by atoms with Crippen molar-refractivity contribution >= 4 is 18.0 Å². The Kier molecular flexibility index (Phi) is 5.91. The van der Waals surface area contributed by atoms with Gasteiger partial charge in [-0.25, -0.2) is 4.79 Å². The van der Waals surface area contributed by atoms with Gasteiger partial charge < -0.3 is 14.4 Å². The van der Waals surface area contributed by atoms with Crippen LogP contribution in [0.15, 0.2) is 60.2 Å². The Bertz CT molecular complexity index is 840. The van der Waals surface area contributed by atoms with Crippen molar-refractivity contribution in [3.63, 3.8) is 0 Å². The fourth-order valence-corrected chi connectivity index (χ4v) is 3.01. The predicted octanol–water partition coefficient (Wildman–Crippen LogP) is 3.62. The number of likely N-dealkylation sites (N-methyl/N-ethyl adjacent to an activating group) is 1. The van der Waals surface area contributed by atoms with Crippen LogP contribution >= 0.6 is 0 Å². The number of esters is 1. The molecule has 1 amide bonds. The minimum Gasteiger partial charge on any atom is -0.488 e. The van der Waals surface area contributed by atoms with Gasteiger partial charge in [-0.1, -0.05) is 48.5 Å². The van der Waals surface area contributed by atoms with E-state index in [1.807, 2.05) is 56.3 Å². The maximum absolute atomic E-state index is 12.9. The molecule has 3 rings (SSSR count). The van der Waals surface area contributed by atoms with E-state index in [0.29, 0.717) is 24.2 Å². The number of nitrogens with zero attached hydrogens (tertiary/aromatic N) is 1. The highest BCUT2D eigenvalue weighted by molar-refractivity contribution is 5.97. The zero-order valence-corrected chi connectivity index (χ0v) is 15.6. The quantitative estimate of drug-likeness (QED) is 0.734. The largest absolute Gasteiger partial charge is 0.488 e. The van der Waals surface area contributed by atoms with Gasteiger partial charge in [0.15, 0.2) is 0 Å². The van der Waals surface area contributed by atoms with Gasteiger partial charge in [0, 0.05) is 24.2 Å². The molecule has 5 nitrogen and oxygen atoms in total. The van der Waals surface area contributed by atoms with Crippen LogP contribution < -0.4 is 4.74 Å². The van der Waals surface area contributed by atoms with Crippen LogP contribution in [0.1, 0.15) is 31.1 Å². The van der Waals surface area contributed by atoms with Crippen LogP contribution in [0.25, 0.3) is 6.08 Å². The monoisotopic (exact) mass is 365 g/mol. The molecule has 0 bridgehead atoms. The average Bonchev–Trinajstić information content (AvgIpc) is 2.72. The van der Waals surface area contributed by atoms with Crippen molar-refractivity contribution in [2.75, 3.05) is 19.7 Å². The lowest BCUT2D eigenvalue weighted by molar-refractivity contribution is -0.158. The lowest BCUT2D eigenvalue weighted by Gasteiger charge is -2.26. The molecule has 1 aliphatic heterocycles. The van der Waals surface area contributed by atoms with Gasteiger partial charge in [-0.3, -0.25) is 4.79 Å². The fourth-order valence-electron chi connectivity index (χ4n) is 3.01. The van der Waals surface area contributed by atoms with Gasteiger partial charge in [-0.2, -0.15) is 0 Å². The average molecular weight is 365 g/mol. The van der Waals surface area contributed by atoms with E-state index in [4.69, 9.17) is 9.47 Å². The summed E-state index contributed by atoms with van der Waals surface area (Å²) in [5.74, 6) is -0.0379. The second-order valence-electron chi connectivity index (χ2n) is 6.20. The normalized spacial score (nSPS) is 13.6. The van der Waals surface area contributed by atoms with Gasteiger partial charge in [-0.05, 0) is 26.0 Å². The predicted molar refractivity (Wildman–Crippen MR) is 103 cm³/mol. The number of carbonyl (C=O) groups is 2. The lowest BCUT2D eigenvalue weighted by atomic mass is 10.1. The second kappa shape index (κ2) is 8.54. The molecule has 27 heavy (non-hydrogen) atoms. The first-order valence-electron chi connectivity index (χ1n) is 9.11. The first-order chi connectivity index (χ1) is 13.1. The Hall–Kier alpha value is -3.08. The van der Waals surface area contributed by atoms with Crippen molar-refractivity contribution in [2.24, 2.45) is 0 Å². The number of benzene rings is 2. The number of amides is 1. The summed E-state index contributed by atoms with van der Waals surface area (Å²) in [6.45, 7) is 5.03. The van der Waals surface area contributed by atoms with E-state index in [1.165, 1.54) is 0 Å². The van der Waals surface area contributed by atoms with Crippen molar-refractivity contribution in [3.8, 4) is 5.75 Å². The highest BCUT2D eigenvalue weighted by Crippen LogP contribution is 2.28. The molecule has 0 aromatic heterocycles. The third-order valence-corrected chi connectivity index (χ3v) is 4.52. The molecule has 140 valence electrons. The van der Waals surface area contributed by atoms with Crippen LogP contribution in [0.3, 0.4) is 0 Å². The summed E-state index contributed by atoms with van der Waals surface area (Å²) < 4.78 is 11.3. The minimum absolute atomic E-state index is 0.122. The van der Waals surface area contributed by atoms with Crippen LogP contribution in [0, 0.1) is 0 Å². The smallest absolute Gasteiger partial charge is 0.338 e. The standard InChI is InChI=1S/C22H23NO4/c1-3-23(4-2)21(24)20(16-10-6-5-7-11-16)27-22(25)18-14-17-12-8-9-13-19(17)26-15-18/h5-14,20H,3-4,15H2,1-2H3/t20-/m1/s1. The highest BCUT2D eigenvalue weighted by Gasteiger charge is 2.30. The molecule has 0 aliphatic carbocycles. The Labute approximate surface area is 159 Å². The van der Waals surface area contributed by atoms with Gasteiger partial charge in [-0.15, -0.1) is 0 Å². The summed E-state index contributed by atoms with van der Waals surface area (Å²) in [5, 5.41) is 0. The van der Waals surface area contributed by atoms with Crippen molar-refractivity contribution in [3.05, 3.63) is 71.3 Å². The van der Waals surface area contributed by atoms with Crippen LogP contribution in [-0.2, 0) is 14.3 Å². The zero-order chi connectivity index (χ0) is 19.2. The van der Waals surface area contributed by atoms with Crippen molar-refractivity contribution in [1.29, 1.82) is 0 Å². The number of hydrogen-bond acceptors (Lipinski definition) is 4. The maximum atomic E-state index is 12.9. The van der Waals surface area contributed by atoms with Gasteiger partial charge in [0.2, 0.25) is 6.10 Å². The molecule has 0 radical (unpaired) electrons. The number of para-hydroxylation sites is 1. The molecular weight excluding hydrogens is 342 g/mol. The van der Waals surface area contributed by atoms with Gasteiger partial charge in [0.1, 0.15) is 12.4 Å². The van der Waals surface area contributed by atoms with E-state index < -0.39 is 12.1 Å². The van der Waals surface area contributed by atoms with Gasteiger partial charge in [0.25, 0.3) is 5.91 Å². The third kappa shape index (κ3) is 4.19. The number of rotatable bonds is 6.